The highest BCUT2D eigenvalue weighted by atomic mass is 16.3. The molecular weight excluding hydrogens is 222 g/mol. The zero-order valence-corrected chi connectivity index (χ0v) is 11.7. The quantitative estimate of drug-likeness (QED) is 0.806. The van der Waals surface area contributed by atoms with Crippen LogP contribution in [-0.2, 0) is 0 Å². The first-order valence-electron chi connectivity index (χ1n) is 8.17. The van der Waals surface area contributed by atoms with Gasteiger partial charge in [0.25, 0.3) is 0 Å². The Morgan fingerprint density at radius 2 is 1.44 bits per heavy atom. The first-order chi connectivity index (χ1) is 8.79. The van der Waals surface area contributed by atoms with Crippen molar-refractivity contribution in [2.24, 2.45) is 5.41 Å². The van der Waals surface area contributed by atoms with Gasteiger partial charge in [0, 0.05) is 11.6 Å². The molecule has 0 aromatic carbocycles. The van der Waals surface area contributed by atoms with E-state index in [1.54, 1.807) is 0 Å². The molecule has 2 heteroatoms. The third kappa shape index (κ3) is 2.22. The second kappa shape index (κ2) is 5.13. The number of hydrogen-bond donors (Lipinski definition) is 2. The number of nitrogens with one attached hydrogen (secondary N) is 1. The molecule has 3 fully saturated rings. The molecular formula is C16H29NO. The lowest BCUT2D eigenvalue weighted by Crippen LogP contribution is -2.63. The summed E-state index contributed by atoms with van der Waals surface area (Å²) in [6, 6.07) is 0.711. The highest BCUT2D eigenvalue weighted by Gasteiger charge is 2.49. The second-order valence-electron chi connectivity index (χ2n) is 7.16. The molecule has 2 N–H and O–H groups in total. The summed E-state index contributed by atoms with van der Waals surface area (Å²) in [6.07, 6.45) is 16.3. The van der Waals surface area contributed by atoms with Crippen LogP contribution in [0.3, 0.4) is 0 Å². The van der Waals surface area contributed by atoms with Gasteiger partial charge in [-0.3, -0.25) is 0 Å². The molecule has 0 saturated heterocycles. The summed E-state index contributed by atoms with van der Waals surface area (Å²) >= 11 is 0. The average molecular weight is 251 g/mol. The Morgan fingerprint density at radius 3 is 1.94 bits per heavy atom. The summed E-state index contributed by atoms with van der Waals surface area (Å²) in [7, 11) is 0. The first-order valence-corrected chi connectivity index (χ1v) is 8.17. The van der Waals surface area contributed by atoms with Crippen LogP contribution in [-0.4, -0.2) is 23.3 Å². The molecule has 0 radical (unpaired) electrons. The van der Waals surface area contributed by atoms with E-state index >= 15 is 0 Å². The Labute approximate surface area is 112 Å². The van der Waals surface area contributed by atoms with Crippen molar-refractivity contribution in [3.05, 3.63) is 0 Å². The van der Waals surface area contributed by atoms with E-state index in [0.717, 1.165) is 0 Å². The molecule has 3 aliphatic carbocycles. The Hall–Kier alpha value is -0.0800. The van der Waals surface area contributed by atoms with Crippen LogP contribution in [0.15, 0.2) is 0 Å². The van der Waals surface area contributed by atoms with Gasteiger partial charge < -0.3 is 10.4 Å². The van der Waals surface area contributed by atoms with Crippen LogP contribution in [0.5, 0.6) is 0 Å². The summed E-state index contributed by atoms with van der Waals surface area (Å²) < 4.78 is 0. The third-order valence-electron chi connectivity index (χ3n) is 6.11. The number of aliphatic hydroxyl groups excluding tert-OH is 1. The predicted molar refractivity (Wildman–Crippen MR) is 74.6 cm³/mol. The molecule has 0 aromatic heterocycles. The van der Waals surface area contributed by atoms with Gasteiger partial charge >= 0.3 is 0 Å². The summed E-state index contributed by atoms with van der Waals surface area (Å²) in [5, 5.41) is 13.8. The van der Waals surface area contributed by atoms with Crippen molar-refractivity contribution in [1.82, 2.24) is 5.32 Å². The van der Waals surface area contributed by atoms with Gasteiger partial charge in [-0.25, -0.2) is 0 Å². The normalized spacial score (nSPS) is 34.2. The molecule has 0 bridgehead atoms. The SMILES string of the molecule is OCC1(NC2CCC23CCCCC3)CCCCC1. The number of aliphatic hydroxyl groups is 1. The lowest BCUT2D eigenvalue weighted by molar-refractivity contribution is -0.0151. The highest BCUT2D eigenvalue weighted by Crippen LogP contribution is 2.52. The van der Waals surface area contributed by atoms with E-state index in [2.05, 4.69) is 5.32 Å². The van der Waals surface area contributed by atoms with Crippen molar-refractivity contribution >= 4 is 0 Å². The van der Waals surface area contributed by atoms with Gasteiger partial charge in [-0.2, -0.15) is 0 Å². The lowest BCUT2D eigenvalue weighted by Gasteiger charge is -2.56. The van der Waals surface area contributed by atoms with Crippen LogP contribution in [0.2, 0.25) is 0 Å². The van der Waals surface area contributed by atoms with Crippen LogP contribution < -0.4 is 5.32 Å². The average Bonchev–Trinajstić information content (AvgIpc) is 2.46. The fraction of sp³-hybridized carbons (Fsp3) is 1.00. The molecule has 3 rings (SSSR count). The van der Waals surface area contributed by atoms with Crippen molar-refractivity contribution in [3.63, 3.8) is 0 Å². The molecule has 0 amide bonds. The summed E-state index contributed by atoms with van der Waals surface area (Å²) in [5.74, 6) is 0. The van der Waals surface area contributed by atoms with Gasteiger partial charge in [0.15, 0.2) is 0 Å². The Balaban J connectivity index is 1.64. The van der Waals surface area contributed by atoms with Crippen LogP contribution in [0.4, 0.5) is 0 Å². The van der Waals surface area contributed by atoms with E-state index in [4.69, 9.17) is 0 Å². The predicted octanol–water partition coefficient (Wildman–Crippen LogP) is 3.38. The van der Waals surface area contributed by atoms with Crippen molar-refractivity contribution in [2.75, 3.05) is 6.61 Å². The standard InChI is InChI=1S/C16H29NO/c18-13-16(10-5-2-6-11-16)17-14-7-12-15(14)8-3-1-4-9-15/h14,17-18H,1-13H2. The van der Waals surface area contributed by atoms with E-state index in [-0.39, 0.29) is 5.54 Å². The fourth-order valence-electron chi connectivity index (χ4n) is 4.72. The topological polar surface area (TPSA) is 32.3 Å². The van der Waals surface area contributed by atoms with Crippen LogP contribution >= 0.6 is 0 Å². The largest absolute Gasteiger partial charge is 0.394 e. The van der Waals surface area contributed by atoms with Crippen molar-refractivity contribution < 1.29 is 5.11 Å². The number of hydrogen-bond acceptors (Lipinski definition) is 2. The Bertz CT molecular complexity index is 277. The Morgan fingerprint density at radius 1 is 0.833 bits per heavy atom. The summed E-state index contributed by atoms with van der Waals surface area (Å²) in [4.78, 5) is 0. The van der Waals surface area contributed by atoms with Gasteiger partial charge in [-0.1, -0.05) is 38.5 Å². The molecule has 0 heterocycles. The minimum atomic E-state index is 0.0772. The van der Waals surface area contributed by atoms with E-state index in [0.29, 0.717) is 18.1 Å². The van der Waals surface area contributed by atoms with Gasteiger partial charge in [0.05, 0.1) is 6.61 Å². The maximum Gasteiger partial charge on any atom is 0.0613 e. The molecule has 1 unspecified atom stereocenters. The smallest absolute Gasteiger partial charge is 0.0613 e. The molecule has 0 aromatic rings. The molecule has 3 aliphatic rings. The van der Waals surface area contributed by atoms with Gasteiger partial charge in [0.2, 0.25) is 0 Å². The fourth-order valence-corrected chi connectivity index (χ4v) is 4.72. The van der Waals surface area contributed by atoms with Crippen molar-refractivity contribution in [3.8, 4) is 0 Å². The molecule has 2 nitrogen and oxygen atoms in total. The van der Waals surface area contributed by atoms with E-state index < -0.39 is 0 Å². The second-order valence-corrected chi connectivity index (χ2v) is 7.16. The van der Waals surface area contributed by atoms with Gasteiger partial charge in [0.1, 0.15) is 0 Å². The maximum atomic E-state index is 9.83. The monoisotopic (exact) mass is 251 g/mol. The maximum absolute atomic E-state index is 9.83. The molecule has 1 spiro atoms. The van der Waals surface area contributed by atoms with E-state index in [9.17, 15) is 5.11 Å². The zero-order chi connectivity index (χ0) is 12.5. The van der Waals surface area contributed by atoms with Crippen LogP contribution in [0, 0.1) is 5.41 Å². The molecule has 3 saturated carbocycles. The minimum absolute atomic E-state index is 0.0772. The molecule has 0 aliphatic heterocycles. The number of rotatable bonds is 3. The minimum Gasteiger partial charge on any atom is -0.394 e. The van der Waals surface area contributed by atoms with Crippen molar-refractivity contribution in [2.45, 2.75) is 88.6 Å². The van der Waals surface area contributed by atoms with E-state index in [1.165, 1.54) is 77.0 Å². The zero-order valence-electron chi connectivity index (χ0n) is 11.7. The third-order valence-corrected chi connectivity index (χ3v) is 6.11. The highest BCUT2D eigenvalue weighted by molar-refractivity contribution is 5.05. The van der Waals surface area contributed by atoms with Crippen LogP contribution in [0.25, 0.3) is 0 Å². The van der Waals surface area contributed by atoms with Crippen molar-refractivity contribution in [1.29, 1.82) is 0 Å². The molecule has 1 atom stereocenters. The molecule has 18 heavy (non-hydrogen) atoms. The van der Waals surface area contributed by atoms with Gasteiger partial charge in [-0.05, 0) is 43.9 Å². The Kier molecular flexibility index (Phi) is 3.68. The van der Waals surface area contributed by atoms with Crippen LogP contribution in [0.1, 0.15) is 77.0 Å². The van der Waals surface area contributed by atoms with Gasteiger partial charge in [-0.15, -0.1) is 0 Å². The first kappa shape index (κ1) is 12.9. The summed E-state index contributed by atoms with van der Waals surface area (Å²) in [6.45, 7) is 0.347. The lowest BCUT2D eigenvalue weighted by atomic mass is 9.56. The molecule has 104 valence electrons. The van der Waals surface area contributed by atoms with E-state index in [1.807, 2.05) is 0 Å². The summed E-state index contributed by atoms with van der Waals surface area (Å²) in [5.41, 5.74) is 0.700.